The smallest absolute Gasteiger partial charge is 0.263 e. The molecular weight excluding hydrogens is 498 g/mol. The lowest BCUT2D eigenvalue weighted by Crippen LogP contribution is -2.32. The molecule has 0 saturated carbocycles. The third-order valence-corrected chi connectivity index (χ3v) is 6.45. The van der Waals surface area contributed by atoms with E-state index in [1.165, 1.54) is 13.4 Å². The van der Waals surface area contributed by atoms with Crippen molar-refractivity contribution < 1.29 is 19.4 Å². The number of ether oxygens (including phenoxy) is 2. The average molecular weight is 528 g/mol. The summed E-state index contributed by atoms with van der Waals surface area (Å²) in [4.78, 5) is 26.8. The Hall–Kier alpha value is -4.61. The lowest BCUT2D eigenvalue weighted by molar-refractivity contribution is 0.102. The lowest BCUT2D eigenvalue weighted by Gasteiger charge is -2.29. The molecule has 0 atom stereocenters. The van der Waals surface area contributed by atoms with Crippen LogP contribution < -0.4 is 10.1 Å². The number of rotatable bonds is 10. The van der Waals surface area contributed by atoms with Gasteiger partial charge in [0.1, 0.15) is 11.9 Å². The highest BCUT2D eigenvalue weighted by Crippen LogP contribution is 2.38. The molecule has 11 heteroatoms. The minimum atomic E-state index is -1.58. The number of benzene rings is 2. The van der Waals surface area contributed by atoms with Crippen LogP contribution in [0, 0.1) is 0 Å². The lowest BCUT2D eigenvalue weighted by atomic mass is 9.85. The molecule has 39 heavy (non-hydrogen) atoms. The maximum absolute atomic E-state index is 13.3. The molecule has 0 saturated heterocycles. The van der Waals surface area contributed by atoms with Crippen molar-refractivity contribution in [2.45, 2.75) is 25.6 Å². The number of aromatic nitrogens is 6. The predicted molar refractivity (Wildman–Crippen MR) is 145 cm³/mol. The highest BCUT2D eigenvalue weighted by molar-refractivity contribution is 6.06. The number of hydrogen-bond donors (Lipinski definition) is 2. The number of carbonyl (C=O) groups is 1. The van der Waals surface area contributed by atoms with Crippen LogP contribution in [0.1, 0.15) is 34.2 Å². The first-order chi connectivity index (χ1) is 19.0. The van der Waals surface area contributed by atoms with Gasteiger partial charge < -0.3 is 19.1 Å². The standard InChI is InChI=1S/C28H29N7O4/c1-4-35-22-17-21(24(36)32-27-29-18-34(33-27)15-16-38-2)25(39-3)30-23(22)31-26(35)28(37,19-11-7-5-8-12-19)20-13-9-6-10-14-20/h5-14,17-18,37H,4,15-16H2,1-3H3,(H,32,33,36). The molecule has 5 aromatic rings. The van der Waals surface area contributed by atoms with Crippen LogP contribution in [0.2, 0.25) is 0 Å². The van der Waals surface area contributed by atoms with Crippen molar-refractivity contribution in [1.82, 2.24) is 29.3 Å². The summed E-state index contributed by atoms with van der Waals surface area (Å²) in [5, 5.41) is 19.3. The zero-order chi connectivity index (χ0) is 27.4. The summed E-state index contributed by atoms with van der Waals surface area (Å²) in [5.74, 6) is 0.125. The summed E-state index contributed by atoms with van der Waals surface area (Å²) in [6.45, 7) is 3.38. The molecular formula is C28H29N7O4. The average Bonchev–Trinajstić information content (AvgIpc) is 3.59. The van der Waals surface area contributed by atoms with E-state index in [2.05, 4.69) is 20.4 Å². The summed E-state index contributed by atoms with van der Waals surface area (Å²) in [5.41, 5.74) is 0.827. The number of pyridine rings is 1. The highest BCUT2D eigenvalue weighted by atomic mass is 16.5. The summed E-state index contributed by atoms with van der Waals surface area (Å²) < 4.78 is 13.9. The Morgan fingerprint density at radius 1 is 1.03 bits per heavy atom. The van der Waals surface area contributed by atoms with E-state index < -0.39 is 11.5 Å². The summed E-state index contributed by atoms with van der Waals surface area (Å²) in [6, 6.07) is 20.4. The van der Waals surface area contributed by atoms with Crippen LogP contribution in [0.15, 0.2) is 73.1 Å². The normalized spacial score (nSPS) is 11.6. The number of aliphatic hydroxyl groups is 1. The van der Waals surface area contributed by atoms with E-state index in [1.54, 1.807) is 17.9 Å². The fourth-order valence-corrected chi connectivity index (χ4v) is 4.54. The molecule has 0 unspecified atom stereocenters. The molecule has 0 fully saturated rings. The maximum Gasteiger partial charge on any atom is 0.263 e. The molecule has 0 aliphatic carbocycles. The van der Waals surface area contributed by atoms with Crippen molar-refractivity contribution >= 4 is 23.0 Å². The van der Waals surface area contributed by atoms with Gasteiger partial charge in [0.25, 0.3) is 5.91 Å². The van der Waals surface area contributed by atoms with Crippen molar-refractivity contribution in [3.8, 4) is 5.88 Å². The van der Waals surface area contributed by atoms with Crippen LogP contribution in [-0.4, -0.2) is 61.1 Å². The van der Waals surface area contributed by atoms with E-state index in [-0.39, 0.29) is 17.4 Å². The van der Waals surface area contributed by atoms with E-state index in [0.29, 0.717) is 47.8 Å². The summed E-state index contributed by atoms with van der Waals surface area (Å²) in [7, 11) is 3.03. The minimum Gasteiger partial charge on any atom is -0.480 e. The van der Waals surface area contributed by atoms with Gasteiger partial charge in [-0.2, -0.15) is 4.98 Å². The first kappa shape index (κ1) is 26.0. The largest absolute Gasteiger partial charge is 0.480 e. The second kappa shape index (κ2) is 11.0. The fourth-order valence-electron chi connectivity index (χ4n) is 4.54. The topological polar surface area (TPSA) is 129 Å². The zero-order valence-electron chi connectivity index (χ0n) is 21.9. The molecule has 2 N–H and O–H groups in total. The third kappa shape index (κ3) is 4.85. The van der Waals surface area contributed by atoms with Gasteiger partial charge in [-0.25, -0.2) is 14.6 Å². The number of nitrogens with zero attached hydrogens (tertiary/aromatic N) is 6. The molecule has 2 aromatic carbocycles. The Morgan fingerprint density at radius 2 is 1.69 bits per heavy atom. The molecule has 1 amide bonds. The number of carbonyl (C=O) groups excluding carboxylic acids is 1. The van der Waals surface area contributed by atoms with Crippen molar-refractivity contribution in [2.24, 2.45) is 0 Å². The number of aryl methyl sites for hydroxylation is 1. The molecule has 0 spiro atoms. The Labute approximate surface area is 225 Å². The number of methoxy groups -OCH3 is 2. The quantitative estimate of drug-likeness (QED) is 0.283. The van der Waals surface area contributed by atoms with E-state index in [1.807, 2.05) is 72.2 Å². The Balaban J connectivity index is 1.61. The Kier molecular flexibility index (Phi) is 7.35. The van der Waals surface area contributed by atoms with Crippen LogP contribution in [0.5, 0.6) is 5.88 Å². The van der Waals surface area contributed by atoms with Gasteiger partial charge in [-0.1, -0.05) is 60.7 Å². The number of nitrogens with one attached hydrogen (secondary N) is 1. The van der Waals surface area contributed by atoms with Crippen molar-refractivity contribution in [1.29, 1.82) is 0 Å². The van der Waals surface area contributed by atoms with Crippen LogP contribution in [0.3, 0.4) is 0 Å². The van der Waals surface area contributed by atoms with E-state index in [0.717, 1.165) is 0 Å². The second-order valence-electron chi connectivity index (χ2n) is 8.79. The zero-order valence-corrected chi connectivity index (χ0v) is 21.9. The number of amides is 1. The minimum absolute atomic E-state index is 0.0917. The first-order valence-electron chi connectivity index (χ1n) is 12.5. The predicted octanol–water partition coefficient (Wildman–Crippen LogP) is 3.23. The van der Waals surface area contributed by atoms with Gasteiger partial charge in [-0.15, -0.1) is 5.10 Å². The Bertz CT molecular complexity index is 1540. The SMILES string of the molecule is CCn1c(C(O)(c2ccccc2)c2ccccc2)nc2nc(OC)c(C(=O)Nc3ncn(CCOC)n3)cc21. The molecule has 3 heterocycles. The fraction of sp³-hybridized carbons (Fsp3) is 0.250. The van der Waals surface area contributed by atoms with Gasteiger partial charge >= 0.3 is 0 Å². The second-order valence-corrected chi connectivity index (χ2v) is 8.79. The van der Waals surface area contributed by atoms with Crippen molar-refractivity contribution in [3.63, 3.8) is 0 Å². The first-order valence-corrected chi connectivity index (χ1v) is 12.5. The number of fused-ring (bicyclic) bond motifs is 1. The number of anilines is 1. The molecule has 0 bridgehead atoms. The van der Waals surface area contributed by atoms with Crippen molar-refractivity contribution in [2.75, 3.05) is 26.1 Å². The van der Waals surface area contributed by atoms with Gasteiger partial charge in [0.15, 0.2) is 17.1 Å². The van der Waals surface area contributed by atoms with Gasteiger partial charge in [0.05, 0.1) is 25.8 Å². The third-order valence-electron chi connectivity index (χ3n) is 6.45. The Morgan fingerprint density at radius 3 is 2.28 bits per heavy atom. The van der Waals surface area contributed by atoms with Gasteiger partial charge in [-0.3, -0.25) is 10.1 Å². The van der Waals surface area contributed by atoms with Gasteiger partial charge in [0.2, 0.25) is 11.8 Å². The molecule has 5 rings (SSSR count). The monoisotopic (exact) mass is 527 g/mol. The molecule has 200 valence electrons. The van der Waals surface area contributed by atoms with E-state index in [9.17, 15) is 9.90 Å². The maximum atomic E-state index is 13.3. The van der Waals surface area contributed by atoms with Crippen LogP contribution >= 0.6 is 0 Å². The molecule has 11 nitrogen and oxygen atoms in total. The van der Waals surface area contributed by atoms with Crippen LogP contribution in [-0.2, 0) is 23.4 Å². The van der Waals surface area contributed by atoms with Gasteiger partial charge in [0, 0.05) is 13.7 Å². The molecule has 0 aliphatic rings. The van der Waals surface area contributed by atoms with E-state index >= 15 is 0 Å². The number of hydrogen-bond acceptors (Lipinski definition) is 8. The van der Waals surface area contributed by atoms with Crippen LogP contribution in [0.25, 0.3) is 11.2 Å². The highest BCUT2D eigenvalue weighted by Gasteiger charge is 2.39. The summed E-state index contributed by atoms with van der Waals surface area (Å²) >= 11 is 0. The number of imidazole rings is 1. The molecule has 0 aliphatic heterocycles. The van der Waals surface area contributed by atoms with Gasteiger partial charge in [-0.05, 0) is 24.1 Å². The molecule has 3 aromatic heterocycles. The van der Waals surface area contributed by atoms with E-state index in [4.69, 9.17) is 14.5 Å². The van der Waals surface area contributed by atoms with Crippen molar-refractivity contribution in [3.05, 3.63) is 95.6 Å². The summed E-state index contributed by atoms with van der Waals surface area (Å²) in [6.07, 6.45) is 1.51. The molecule has 0 radical (unpaired) electrons. The van der Waals surface area contributed by atoms with Crippen LogP contribution in [0.4, 0.5) is 5.95 Å².